The zero-order chi connectivity index (χ0) is 13.0. The largest absolute Gasteiger partial charge is 0.695 e. The van der Waals surface area contributed by atoms with E-state index in [1.165, 1.54) is 6.07 Å². The fourth-order valence-electron chi connectivity index (χ4n) is 1.17. The first-order valence-electron chi connectivity index (χ1n) is 4.25. The van der Waals surface area contributed by atoms with Crippen LogP contribution in [0.5, 0.6) is 5.75 Å². The maximum absolute atomic E-state index is 13.4. The monoisotopic (exact) mass is 264 g/mol. The zero-order valence-electron chi connectivity index (χ0n) is 8.62. The lowest BCUT2D eigenvalue weighted by molar-refractivity contribution is -0.388. The Balaban J connectivity index is 3.09. The highest BCUT2D eigenvalue weighted by Crippen LogP contribution is 2.32. The Hall–Kier alpha value is -1.63. The van der Waals surface area contributed by atoms with Crippen molar-refractivity contribution in [3.8, 4) is 5.75 Å². The molecule has 0 aliphatic heterocycles. The maximum Gasteiger partial charge on any atom is 0.695 e. The van der Waals surface area contributed by atoms with Crippen molar-refractivity contribution in [2.24, 2.45) is 0 Å². The highest BCUT2D eigenvalue weighted by atomic mass is 31.1. The SMILES string of the molecule is COc1cc(CO[P+](=O)O)cc(F)c1[N+](=O)[O-]. The Morgan fingerprint density at radius 3 is 2.71 bits per heavy atom. The fraction of sp³-hybridized carbons (Fsp3) is 0.250. The van der Waals surface area contributed by atoms with Gasteiger partial charge in [-0.15, -0.1) is 9.42 Å². The third-order valence-corrected chi connectivity index (χ3v) is 2.18. The number of benzene rings is 1. The molecule has 9 heteroatoms. The number of hydrogen-bond acceptors (Lipinski definition) is 5. The molecule has 17 heavy (non-hydrogen) atoms. The van der Waals surface area contributed by atoms with Crippen LogP contribution in [0.1, 0.15) is 5.56 Å². The van der Waals surface area contributed by atoms with E-state index in [0.717, 1.165) is 13.2 Å². The Morgan fingerprint density at radius 2 is 2.24 bits per heavy atom. The topological polar surface area (TPSA) is 98.9 Å². The van der Waals surface area contributed by atoms with Gasteiger partial charge in [0.2, 0.25) is 5.82 Å². The standard InChI is InChI=1S/C8H7FNO6P/c1-15-7-3-5(4-16-17(13)14)2-6(9)8(7)10(11)12/h2-3H,4H2,1H3/p+1. The molecule has 0 fully saturated rings. The van der Waals surface area contributed by atoms with Gasteiger partial charge in [0.05, 0.1) is 12.0 Å². The van der Waals surface area contributed by atoms with E-state index in [1.54, 1.807) is 0 Å². The second-order valence-corrected chi connectivity index (χ2v) is 3.63. The highest BCUT2D eigenvalue weighted by Gasteiger charge is 2.23. The molecule has 0 radical (unpaired) electrons. The van der Waals surface area contributed by atoms with E-state index in [4.69, 9.17) is 4.89 Å². The molecule has 0 saturated heterocycles. The minimum absolute atomic E-state index is 0.155. The molecule has 1 aromatic carbocycles. The van der Waals surface area contributed by atoms with Crippen molar-refractivity contribution in [2.45, 2.75) is 6.61 Å². The minimum atomic E-state index is -2.81. The minimum Gasteiger partial charge on any atom is -0.490 e. The molecule has 1 aromatic rings. The number of rotatable bonds is 5. The van der Waals surface area contributed by atoms with Crippen molar-refractivity contribution in [3.05, 3.63) is 33.6 Å². The predicted molar refractivity (Wildman–Crippen MR) is 54.2 cm³/mol. The lowest BCUT2D eigenvalue weighted by Gasteiger charge is -2.04. The summed E-state index contributed by atoms with van der Waals surface area (Å²) in [5.41, 5.74) is -0.632. The van der Waals surface area contributed by atoms with Crippen LogP contribution in [-0.4, -0.2) is 16.9 Å². The summed E-state index contributed by atoms with van der Waals surface area (Å²) < 4.78 is 32.7. The van der Waals surface area contributed by atoms with E-state index < -0.39 is 24.7 Å². The van der Waals surface area contributed by atoms with E-state index >= 15 is 0 Å². The van der Waals surface area contributed by atoms with Crippen LogP contribution in [0.2, 0.25) is 0 Å². The summed E-state index contributed by atoms with van der Waals surface area (Å²) in [6.45, 7) is -0.350. The van der Waals surface area contributed by atoms with Gasteiger partial charge >= 0.3 is 13.9 Å². The molecule has 7 nitrogen and oxygen atoms in total. The average molecular weight is 264 g/mol. The van der Waals surface area contributed by atoms with Crippen LogP contribution in [0.15, 0.2) is 12.1 Å². The number of methoxy groups -OCH3 is 1. The number of hydrogen-bond donors (Lipinski definition) is 1. The third-order valence-electron chi connectivity index (χ3n) is 1.83. The van der Waals surface area contributed by atoms with Crippen LogP contribution in [0.25, 0.3) is 0 Å². The molecule has 1 rings (SSSR count). The normalized spacial score (nSPS) is 11.1. The van der Waals surface area contributed by atoms with Crippen molar-refractivity contribution < 1.29 is 28.0 Å². The summed E-state index contributed by atoms with van der Waals surface area (Å²) in [6.07, 6.45) is 0. The molecule has 0 saturated carbocycles. The fourth-order valence-corrected chi connectivity index (χ4v) is 1.43. The van der Waals surface area contributed by atoms with Crippen LogP contribution >= 0.6 is 8.25 Å². The van der Waals surface area contributed by atoms with Gasteiger partial charge in [-0.1, -0.05) is 0 Å². The summed E-state index contributed by atoms with van der Waals surface area (Å²) in [5, 5.41) is 10.5. The molecule has 0 spiro atoms. The van der Waals surface area contributed by atoms with Crippen molar-refractivity contribution in [3.63, 3.8) is 0 Å². The molecule has 0 heterocycles. The maximum atomic E-state index is 13.4. The van der Waals surface area contributed by atoms with Crippen molar-refractivity contribution in [1.82, 2.24) is 0 Å². The first-order valence-corrected chi connectivity index (χ1v) is 5.38. The lowest BCUT2D eigenvalue weighted by Crippen LogP contribution is -1.99. The summed E-state index contributed by atoms with van der Waals surface area (Å²) in [6, 6.07) is 2.01. The number of nitrogens with zero attached hydrogens (tertiary/aromatic N) is 1. The summed E-state index contributed by atoms with van der Waals surface area (Å²) in [5.74, 6) is -1.37. The lowest BCUT2D eigenvalue weighted by atomic mass is 10.2. The Morgan fingerprint density at radius 1 is 1.59 bits per heavy atom. The van der Waals surface area contributed by atoms with E-state index in [-0.39, 0.29) is 17.9 Å². The molecule has 0 amide bonds. The van der Waals surface area contributed by atoms with E-state index in [1.807, 2.05) is 0 Å². The molecule has 1 unspecified atom stereocenters. The van der Waals surface area contributed by atoms with Crippen molar-refractivity contribution >= 4 is 13.9 Å². The van der Waals surface area contributed by atoms with Gasteiger partial charge in [0, 0.05) is 4.57 Å². The quantitative estimate of drug-likeness (QED) is 0.495. The van der Waals surface area contributed by atoms with Gasteiger partial charge < -0.3 is 4.74 Å². The number of halogens is 1. The first kappa shape index (κ1) is 13.4. The van der Waals surface area contributed by atoms with Crippen LogP contribution < -0.4 is 4.74 Å². The Labute approximate surface area is 95.9 Å². The molecular weight excluding hydrogens is 256 g/mol. The van der Waals surface area contributed by atoms with Gasteiger partial charge in [-0.25, -0.2) is 0 Å². The molecule has 0 bridgehead atoms. The van der Waals surface area contributed by atoms with Crippen LogP contribution in [-0.2, 0) is 15.7 Å². The second-order valence-electron chi connectivity index (χ2n) is 2.90. The van der Waals surface area contributed by atoms with E-state index in [9.17, 15) is 19.1 Å². The molecule has 0 aliphatic carbocycles. The molecular formula is C8H8FNO6P+. The average Bonchev–Trinajstić information content (AvgIpc) is 2.24. The van der Waals surface area contributed by atoms with Gasteiger partial charge in [-0.05, 0) is 17.7 Å². The first-order chi connectivity index (χ1) is 7.95. The highest BCUT2D eigenvalue weighted by molar-refractivity contribution is 7.32. The van der Waals surface area contributed by atoms with Gasteiger partial charge in [-0.3, -0.25) is 10.1 Å². The Kier molecular flexibility index (Phi) is 4.45. The summed E-state index contributed by atoms with van der Waals surface area (Å²) in [7, 11) is -1.66. The number of ether oxygens (including phenoxy) is 1. The smallest absolute Gasteiger partial charge is 0.490 e. The molecule has 0 aromatic heterocycles. The summed E-state index contributed by atoms with van der Waals surface area (Å²) in [4.78, 5) is 18.0. The molecule has 1 N–H and O–H groups in total. The van der Waals surface area contributed by atoms with Gasteiger partial charge in [-0.2, -0.15) is 4.39 Å². The zero-order valence-corrected chi connectivity index (χ0v) is 9.52. The second kappa shape index (κ2) is 5.62. The molecule has 92 valence electrons. The number of nitro benzene ring substituents is 1. The van der Waals surface area contributed by atoms with Gasteiger partial charge in [0.25, 0.3) is 0 Å². The van der Waals surface area contributed by atoms with Crippen molar-refractivity contribution in [2.75, 3.05) is 7.11 Å². The molecule has 0 aliphatic rings. The van der Waals surface area contributed by atoms with Gasteiger partial charge in [0.1, 0.15) is 6.61 Å². The summed E-state index contributed by atoms with van der Waals surface area (Å²) >= 11 is 0. The third kappa shape index (κ3) is 3.42. The van der Waals surface area contributed by atoms with Crippen LogP contribution in [0.3, 0.4) is 0 Å². The van der Waals surface area contributed by atoms with E-state index in [2.05, 4.69) is 9.26 Å². The van der Waals surface area contributed by atoms with E-state index in [0.29, 0.717) is 0 Å². The van der Waals surface area contributed by atoms with Crippen molar-refractivity contribution in [1.29, 1.82) is 0 Å². The molecule has 1 atom stereocenters. The van der Waals surface area contributed by atoms with Gasteiger partial charge in [0.15, 0.2) is 5.75 Å². The predicted octanol–water partition coefficient (Wildman–Crippen LogP) is 1.91. The Bertz CT molecular complexity index is 466. The van der Waals surface area contributed by atoms with Crippen LogP contribution in [0, 0.1) is 15.9 Å². The van der Waals surface area contributed by atoms with Crippen LogP contribution in [0.4, 0.5) is 10.1 Å². The number of nitro groups is 1.